The van der Waals surface area contributed by atoms with Gasteiger partial charge in [-0.25, -0.2) is 0 Å². The van der Waals surface area contributed by atoms with E-state index in [-0.39, 0.29) is 0 Å². The molecule has 0 spiro atoms. The molecule has 4 atom stereocenters. The molecule has 0 radical (unpaired) electrons. The molecule has 0 saturated heterocycles. The Hall–Kier alpha value is -0.340. The minimum Gasteiger partial charge on any atom is -0.327 e. The molecule has 0 amide bonds. The summed E-state index contributed by atoms with van der Waals surface area (Å²) in [6.45, 7) is 9.50. The van der Waals surface area contributed by atoms with Crippen molar-refractivity contribution in [1.29, 1.82) is 0 Å². The molecule has 2 aliphatic rings. The normalized spacial score (nSPS) is 37.2. The van der Waals surface area contributed by atoms with Crippen molar-refractivity contribution in [3.8, 4) is 0 Å². The molecule has 0 aromatic carbocycles. The second-order valence-corrected chi connectivity index (χ2v) is 5.62. The van der Waals surface area contributed by atoms with Gasteiger partial charge in [-0.2, -0.15) is 0 Å². The Bertz CT molecular complexity index is 237. The third-order valence-electron chi connectivity index (χ3n) is 4.55. The van der Waals surface area contributed by atoms with Gasteiger partial charge in [0, 0.05) is 19.1 Å². The van der Waals surface area contributed by atoms with Gasteiger partial charge in [0.05, 0.1) is 0 Å². The van der Waals surface area contributed by atoms with Gasteiger partial charge in [0.2, 0.25) is 0 Å². The van der Waals surface area contributed by atoms with Crippen LogP contribution in [0.15, 0.2) is 12.7 Å². The maximum absolute atomic E-state index is 6.35. The van der Waals surface area contributed by atoms with Crippen molar-refractivity contribution in [3.63, 3.8) is 0 Å². The number of rotatable bonds is 6. The largest absolute Gasteiger partial charge is 0.327 e. The summed E-state index contributed by atoms with van der Waals surface area (Å²) in [7, 11) is 0. The van der Waals surface area contributed by atoms with Crippen LogP contribution in [0.3, 0.4) is 0 Å². The molecule has 2 aliphatic carbocycles. The number of nitrogens with two attached hydrogens (primary N) is 1. The van der Waals surface area contributed by atoms with Gasteiger partial charge in [-0.15, -0.1) is 6.58 Å². The van der Waals surface area contributed by atoms with E-state index in [2.05, 4.69) is 18.4 Å². The lowest BCUT2D eigenvalue weighted by atomic mass is 9.84. The second kappa shape index (κ2) is 5.33. The van der Waals surface area contributed by atoms with Crippen LogP contribution >= 0.6 is 0 Å². The van der Waals surface area contributed by atoms with Crippen molar-refractivity contribution in [2.75, 3.05) is 19.6 Å². The summed E-state index contributed by atoms with van der Waals surface area (Å²) in [5.74, 6) is 2.51. The first-order chi connectivity index (χ1) is 7.76. The predicted octanol–water partition coefficient (Wildman–Crippen LogP) is 2.26. The molecule has 2 rings (SSSR count). The van der Waals surface area contributed by atoms with Gasteiger partial charge < -0.3 is 5.73 Å². The molecular formula is C14H26N2. The van der Waals surface area contributed by atoms with Crippen molar-refractivity contribution in [2.45, 2.75) is 38.6 Å². The highest BCUT2D eigenvalue weighted by atomic mass is 15.1. The van der Waals surface area contributed by atoms with E-state index >= 15 is 0 Å². The van der Waals surface area contributed by atoms with Crippen molar-refractivity contribution in [2.24, 2.45) is 23.5 Å². The van der Waals surface area contributed by atoms with E-state index in [1.807, 2.05) is 6.08 Å². The lowest BCUT2D eigenvalue weighted by Gasteiger charge is -2.33. The summed E-state index contributed by atoms with van der Waals surface area (Å²) in [6.07, 6.45) is 7.47. The van der Waals surface area contributed by atoms with E-state index < -0.39 is 0 Å². The zero-order chi connectivity index (χ0) is 11.5. The van der Waals surface area contributed by atoms with Gasteiger partial charge in [-0.3, -0.25) is 4.90 Å². The SMILES string of the molecule is C=CCN(CCC)CC1C2CCC(C2)C1N. The molecule has 4 unspecified atom stereocenters. The van der Waals surface area contributed by atoms with Crippen molar-refractivity contribution < 1.29 is 0 Å². The zero-order valence-electron chi connectivity index (χ0n) is 10.6. The van der Waals surface area contributed by atoms with Gasteiger partial charge >= 0.3 is 0 Å². The lowest BCUT2D eigenvalue weighted by Crippen LogP contribution is -2.43. The Morgan fingerprint density at radius 3 is 2.69 bits per heavy atom. The van der Waals surface area contributed by atoms with Gasteiger partial charge in [-0.05, 0) is 50.0 Å². The summed E-state index contributed by atoms with van der Waals surface area (Å²) in [4.78, 5) is 2.53. The molecule has 2 bridgehead atoms. The molecule has 2 heteroatoms. The monoisotopic (exact) mass is 222 g/mol. The molecule has 0 aliphatic heterocycles. The van der Waals surface area contributed by atoms with Gasteiger partial charge in [0.1, 0.15) is 0 Å². The van der Waals surface area contributed by atoms with Crippen LogP contribution in [-0.4, -0.2) is 30.6 Å². The fourth-order valence-corrected chi connectivity index (χ4v) is 3.78. The maximum atomic E-state index is 6.35. The molecule has 0 aromatic heterocycles. The van der Waals surface area contributed by atoms with E-state index in [9.17, 15) is 0 Å². The van der Waals surface area contributed by atoms with Gasteiger partial charge in [-0.1, -0.05) is 13.0 Å². The third kappa shape index (κ3) is 2.33. The van der Waals surface area contributed by atoms with E-state index in [1.165, 1.54) is 38.8 Å². The average molecular weight is 222 g/mol. The minimum absolute atomic E-state index is 0.475. The van der Waals surface area contributed by atoms with Crippen LogP contribution in [0, 0.1) is 17.8 Å². The topological polar surface area (TPSA) is 29.3 Å². The van der Waals surface area contributed by atoms with E-state index in [0.29, 0.717) is 6.04 Å². The van der Waals surface area contributed by atoms with Crippen molar-refractivity contribution >= 4 is 0 Å². The highest BCUT2D eigenvalue weighted by molar-refractivity contribution is 5.00. The summed E-state index contributed by atoms with van der Waals surface area (Å²) in [5, 5.41) is 0. The van der Waals surface area contributed by atoms with Crippen LogP contribution in [0.1, 0.15) is 32.6 Å². The quantitative estimate of drug-likeness (QED) is 0.699. The standard InChI is InChI=1S/C14H26N2/c1-3-7-16(8-4-2)10-13-11-5-6-12(9-11)14(13)15/h3,11-14H,1,4-10,15H2,2H3. The number of fused-ring (bicyclic) bond motifs is 2. The summed E-state index contributed by atoms with van der Waals surface area (Å²) in [5.41, 5.74) is 6.35. The fraction of sp³-hybridized carbons (Fsp3) is 0.857. The van der Waals surface area contributed by atoms with Crippen LogP contribution in [-0.2, 0) is 0 Å². The molecular weight excluding hydrogens is 196 g/mol. The first-order valence-electron chi connectivity index (χ1n) is 6.85. The maximum Gasteiger partial charge on any atom is 0.0160 e. The Balaban J connectivity index is 1.89. The summed E-state index contributed by atoms with van der Waals surface area (Å²) < 4.78 is 0. The molecule has 0 heterocycles. The smallest absolute Gasteiger partial charge is 0.0160 e. The van der Waals surface area contributed by atoms with Crippen molar-refractivity contribution in [3.05, 3.63) is 12.7 Å². The highest BCUT2D eigenvalue weighted by Gasteiger charge is 2.45. The van der Waals surface area contributed by atoms with Crippen molar-refractivity contribution in [1.82, 2.24) is 4.90 Å². The molecule has 16 heavy (non-hydrogen) atoms. The van der Waals surface area contributed by atoms with Crippen LogP contribution in [0.5, 0.6) is 0 Å². The predicted molar refractivity (Wildman–Crippen MR) is 69.2 cm³/mol. The van der Waals surface area contributed by atoms with Crippen LogP contribution in [0.4, 0.5) is 0 Å². The number of hydrogen-bond donors (Lipinski definition) is 1. The lowest BCUT2D eigenvalue weighted by molar-refractivity contribution is 0.186. The van der Waals surface area contributed by atoms with Gasteiger partial charge in [0.15, 0.2) is 0 Å². The minimum atomic E-state index is 0.475. The molecule has 2 nitrogen and oxygen atoms in total. The zero-order valence-corrected chi connectivity index (χ0v) is 10.6. The summed E-state index contributed by atoms with van der Waals surface area (Å²) >= 11 is 0. The van der Waals surface area contributed by atoms with Crippen LogP contribution < -0.4 is 5.73 Å². The van der Waals surface area contributed by atoms with Crippen LogP contribution in [0.2, 0.25) is 0 Å². The first kappa shape index (κ1) is 12.1. The highest BCUT2D eigenvalue weighted by Crippen LogP contribution is 2.47. The van der Waals surface area contributed by atoms with E-state index in [4.69, 9.17) is 5.73 Å². The summed E-state index contributed by atoms with van der Waals surface area (Å²) in [6, 6.07) is 0.475. The Morgan fingerprint density at radius 2 is 2.12 bits per heavy atom. The fourth-order valence-electron chi connectivity index (χ4n) is 3.78. The second-order valence-electron chi connectivity index (χ2n) is 5.62. The molecule has 2 N–H and O–H groups in total. The molecule has 0 aromatic rings. The Kier molecular flexibility index (Phi) is 4.04. The van der Waals surface area contributed by atoms with Gasteiger partial charge in [0.25, 0.3) is 0 Å². The Labute approximate surface area is 99.9 Å². The molecule has 92 valence electrons. The number of nitrogens with zero attached hydrogens (tertiary/aromatic N) is 1. The first-order valence-corrected chi connectivity index (χ1v) is 6.85. The number of hydrogen-bond acceptors (Lipinski definition) is 2. The Morgan fingerprint density at radius 1 is 1.38 bits per heavy atom. The molecule has 2 fully saturated rings. The van der Waals surface area contributed by atoms with Crippen LogP contribution in [0.25, 0.3) is 0 Å². The van der Waals surface area contributed by atoms with E-state index in [0.717, 1.165) is 24.3 Å². The van der Waals surface area contributed by atoms with E-state index in [1.54, 1.807) is 0 Å². The third-order valence-corrected chi connectivity index (χ3v) is 4.55. The average Bonchev–Trinajstić information content (AvgIpc) is 2.83. The molecule has 2 saturated carbocycles.